The predicted octanol–water partition coefficient (Wildman–Crippen LogP) is 5.25. The lowest BCUT2D eigenvalue weighted by Gasteiger charge is -2.09. The van der Waals surface area contributed by atoms with Gasteiger partial charge in [0.05, 0.1) is 22.7 Å². The molecule has 148 valence electrons. The third-order valence-corrected chi connectivity index (χ3v) is 6.20. The molecule has 1 aliphatic rings. The zero-order valence-corrected chi connectivity index (χ0v) is 18.6. The Morgan fingerprint density at radius 3 is 2.79 bits per heavy atom. The van der Waals surface area contributed by atoms with E-state index < -0.39 is 0 Å². The van der Waals surface area contributed by atoms with E-state index >= 15 is 0 Å². The summed E-state index contributed by atoms with van der Waals surface area (Å²) < 4.78 is 11.4. The topological polar surface area (TPSA) is 74.9 Å². The number of methoxy groups -OCH3 is 1. The highest BCUT2D eigenvalue weighted by molar-refractivity contribution is 9.10. The monoisotopic (exact) mass is 491 g/mol. The molecule has 0 N–H and O–H groups in total. The minimum absolute atomic E-state index is 0.0736. The lowest BCUT2D eigenvalue weighted by molar-refractivity contribution is -0.121. The quantitative estimate of drug-likeness (QED) is 0.533. The molecule has 0 saturated carbocycles. The molecule has 1 amide bonds. The zero-order chi connectivity index (χ0) is 21.0. The molecule has 0 aromatic heterocycles. The highest BCUT2D eigenvalue weighted by atomic mass is 79.9. The summed E-state index contributed by atoms with van der Waals surface area (Å²) in [5.74, 6) is 0.797. The standard InChI is InChI=1S/C20H15BrClN3O3S/c1-25-19(26)18(29-20(25)24-13-4-5-14(21)15(22)11-13)10-12-3-6-16(28-8-7-23)17(9-12)27-2/h3-6,9-11H,8H2,1-2H3/b18-10-,24-20?. The number of benzene rings is 2. The Kier molecular flexibility index (Phi) is 6.85. The van der Waals surface area contributed by atoms with Gasteiger partial charge in [-0.05, 0) is 69.7 Å². The fourth-order valence-corrected chi connectivity index (χ4v) is 3.88. The molecular weight excluding hydrogens is 478 g/mol. The Hall–Kier alpha value is -2.47. The van der Waals surface area contributed by atoms with Crippen molar-refractivity contribution in [3.8, 4) is 17.6 Å². The van der Waals surface area contributed by atoms with E-state index in [0.29, 0.717) is 32.3 Å². The van der Waals surface area contributed by atoms with Crippen LogP contribution in [0.25, 0.3) is 6.08 Å². The number of carbonyl (C=O) groups is 1. The number of thioether (sulfide) groups is 1. The molecule has 2 aromatic carbocycles. The van der Waals surface area contributed by atoms with Crippen molar-refractivity contribution in [2.45, 2.75) is 0 Å². The van der Waals surface area contributed by atoms with Crippen molar-refractivity contribution in [3.63, 3.8) is 0 Å². The molecule has 0 spiro atoms. The molecule has 1 fully saturated rings. The lowest BCUT2D eigenvalue weighted by Crippen LogP contribution is -2.23. The number of ether oxygens (including phenoxy) is 2. The van der Waals surface area contributed by atoms with Crippen LogP contribution in [0, 0.1) is 11.3 Å². The van der Waals surface area contributed by atoms with Crippen LogP contribution in [0.3, 0.4) is 0 Å². The van der Waals surface area contributed by atoms with E-state index in [-0.39, 0.29) is 12.5 Å². The molecule has 3 rings (SSSR count). The summed E-state index contributed by atoms with van der Waals surface area (Å²) in [6, 6.07) is 12.5. The molecule has 9 heteroatoms. The van der Waals surface area contributed by atoms with Crippen LogP contribution >= 0.6 is 39.3 Å². The van der Waals surface area contributed by atoms with Crippen molar-refractivity contribution < 1.29 is 14.3 Å². The van der Waals surface area contributed by atoms with Crippen molar-refractivity contribution >= 4 is 62.1 Å². The van der Waals surface area contributed by atoms with Gasteiger partial charge in [-0.3, -0.25) is 9.69 Å². The summed E-state index contributed by atoms with van der Waals surface area (Å²) in [5.41, 5.74) is 1.42. The summed E-state index contributed by atoms with van der Waals surface area (Å²) in [4.78, 5) is 19.2. The average molecular weight is 493 g/mol. The second kappa shape index (κ2) is 9.35. The van der Waals surface area contributed by atoms with Crippen LogP contribution in [0.1, 0.15) is 5.56 Å². The molecule has 0 radical (unpaired) electrons. The maximum Gasteiger partial charge on any atom is 0.266 e. The van der Waals surface area contributed by atoms with E-state index in [1.807, 2.05) is 18.2 Å². The summed E-state index contributed by atoms with van der Waals surface area (Å²) >= 11 is 10.7. The van der Waals surface area contributed by atoms with E-state index in [4.69, 9.17) is 26.3 Å². The number of nitriles is 1. The minimum atomic E-state index is -0.152. The number of nitrogens with zero attached hydrogens (tertiary/aromatic N) is 3. The Labute approximate surface area is 185 Å². The summed E-state index contributed by atoms with van der Waals surface area (Å²) in [5, 5.41) is 9.76. The second-order valence-corrected chi connectivity index (χ2v) is 8.10. The highest BCUT2D eigenvalue weighted by Gasteiger charge is 2.30. The molecule has 2 aromatic rings. The molecule has 0 bridgehead atoms. The van der Waals surface area contributed by atoms with E-state index in [0.717, 1.165) is 10.0 Å². The van der Waals surface area contributed by atoms with Gasteiger partial charge in [0.1, 0.15) is 6.07 Å². The molecule has 1 saturated heterocycles. The van der Waals surface area contributed by atoms with Gasteiger partial charge in [-0.2, -0.15) is 5.26 Å². The summed E-state index contributed by atoms with van der Waals surface area (Å²) in [6.45, 7) is -0.0736. The van der Waals surface area contributed by atoms with Crippen LogP contribution in [0.15, 0.2) is 50.8 Å². The Bertz CT molecular complexity index is 1070. The molecule has 29 heavy (non-hydrogen) atoms. The normalized spacial score (nSPS) is 16.4. The number of hydrogen-bond donors (Lipinski definition) is 0. The molecule has 0 atom stereocenters. The second-order valence-electron chi connectivity index (χ2n) is 5.82. The van der Waals surface area contributed by atoms with E-state index in [1.54, 1.807) is 37.4 Å². The molecule has 0 aliphatic carbocycles. The zero-order valence-electron chi connectivity index (χ0n) is 15.5. The van der Waals surface area contributed by atoms with E-state index in [9.17, 15) is 4.79 Å². The van der Waals surface area contributed by atoms with Crippen LogP contribution < -0.4 is 9.47 Å². The van der Waals surface area contributed by atoms with Gasteiger partial charge in [0, 0.05) is 11.5 Å². The smallest absolute Gasteiger partial charge is 0.266 e. The van der Waals surface area contributed by atoms with Gasteiger partial charge in [0.25, 0.3) is 5.91 Å². The van der Waals surface area contributed by atoms with E-state index in [2.05, 4.69) is 20.9 Å². The van der Waals surface area contributed by atoms with Crippen LogP contribution in [-0.4, -0.2) is 36.7 Å². The first-order valence-electron chi connectivity index (χ1n) is 8.32. The third-order valence-electron chi connectivity index (χ3n) is 3.91. The molecular formula is C20H15BrClN3O3S. The average Bonchev–Trinajstić information content (AvgIpc) is 2.97. The van der Waals surface area contributed by atoms with Crippen molar-refractivity contribution in [1.82, 2.24) is 4.90 Å². The summed E-state index contributed by atoms with van der Waals surface area (Å²) in [7, 11) is 3.19. The fourth-order valence-electron chi connectivity index (χ4n) is 2.47. The number of halogens is 2. The fraction of sp³-hybridized carbons (Fsp3) is 0.150. The van der Waals surface area contributed by atoms with Gasteiger partial charge in [-0.15, -0.1) is 0 Å². The Morgan fingerprint density at radius 1 is 1.31 bits per heavy atom. The van der Waals surface area contributed by atoms with Crippen LogP contribution in [0.5, 0.6) is 11.5 Å². The number of amides is 1. The van der Waals surface area contributed by atoms with Gasteiger partial charge in [0.15, 0.2) is 23.3 Å². The van der Waals surface area contributed by atoms with Gasteiger partial charge in [-0.1, -0.05) is 17.7 Å². The van der Waals surface area contributed by atoms with Crippen molar-refractivity contribution in [3.05, 3.63) is 56.4 Å². The largest absolute Gasteiger partial charge is 0.493 e. The maximum absolute atomic E-state index is 12.6. The molecule has 0 unspecified atom stereocenters. The van der Waals surface area contributed by atoms with Gasteiger partial charge >= 0.3 is 0 Å². The van der Waals surface area contributed by atoms with E-state index in [1.165, 1.54) is 23.8 Å². The predicted molar refractivity (Wildman–Crippen MR) is 119 cm³/mol. The first-order chi connectivity index (χ1) is 13.9. The molecule has 6 nitrogen and oxygen atoms in total. The van der Waals surface area contributed by atoms with Crippen molar-refractivity contribution in [2.75, 3.05) is 20.8 Å². The third kappa shape index (κ3) is 4.93. The molecule has 1 aliphatic heterocycles. The number of likely N-dealkylation sites (N-methyl/N-ethyl adjacent to an activating group) is 1. The first-order valence-corrected chi connectivity index (χ1v) is 10.3. The lowest BCUT2D eigenvalue weighted by atomic mass is 10.2. The van der Waals surface area contributed by atoms with Gasteiger partial charge < -0.3 is 9.47 Å². The number of rotatable bonds is 5. The van der Waals surface area contributed by atoms with Crippen LogP contribution in [-0.2, 0) is 4.79 Å². The Morgan fingerprint density at radius 2 is 2.10 bits per heavy atom. The van der Waals surface area contributed by atoms with Crippen molar-refractivity contribution in [1.29, 1.82) is 5.26 Å². The van der Waals surface area contributed by atoms with Crippen LogP contribution in [0.4, 0.5) is 5.69 Å². The minimum Gasteiger partial charge on any atom is -0.493 e. The SMILES string of the molecule is COc1cc(/C=C2\SC(=Nc3ccc(Br)c(Cl)c3)N(C)C2=O)ccc1OCC#N. The van der Waals surface area contributed by atoms with Crippen molar-refractivity contribution in [2.24, 2.45) is 4.99 Å². The molecule has 1 heterocycles. The first kappa shape index (κ1) is 21.2. The van der Waals surface area contributed by atoms with Gasteiger partial charge in [0.2, 0.25) is 0 Å². The number of aliphatic imine (C=N–C) groups is 1. The summed E-state index contributed by atoms with van der Waals surface area (Å²) in [6.07, 6.45) is 1.76. The van der Waals surface area contributed by atoms with Gasteiger partial charge in [-0.25, -0.2) is 4.99 Å². The van der Waals surface area contributed by atoms with Crippen LogP contribution in [0.2, 0.25) is 5.02 Å². The number of carbonyl (C=O) groups excluding carboxylic acids is 1. The Balaban J connectivity index is 1.87. The highest BCUT2D eigenvalue weighted by Crippen LogP contribution is 2.36. The maximum atomic E-state index is 12.6. The number of hydrogen-bond acceptors (Lipinski definition) is 6. The number of amidine groups is 1.